The zero-order valence-electron chi connectivity index (χ0n) is 10.8. The number of alkyl halides is 2. The number of halogens is 2. The minimum absolute atomic E-state index is 0.145. The standard InChI is InChI=1S/C14H14F2N2O2/c15-13(16)14(20)17-7-11-10-4-2-1-3-9(10)5-6-18(11)12(19)8-17/h1-4,11,13H,5-8H2. The Hall–Kier alpha value is -1.98. The van der Waals surface area contributed by atoms with E-state index >= 15 is 0 Å². The van der Waals surface area contributed by atoms with Crippen molar-refractivity contribution in [1.29, 1.82) is 0 Å². The molecule has 2 amide bonds. The van der Waals surface area contributed by atoms with Crippen molar-refractivity contribution in [2.75, 3.05) is 19.6 Å². The van der Waals surface area contributed by atoms with Gasteiger partial charge in [-0.05, 0) is 17.5 Å². The predicted octanol–water partition coefficient (Wildman–Crippen LogP) is 1.22. The number of carbonyl (C=O) groups is 2. The molecule has 1 saturated heterocycles. The second-order valence-electron chi connectivity index (χ2n) is 5.07. The smallest absolute Gasteiger partial charge is 0.315 e. The molecule has 1 atom stereocenters. The summed E-state index contributed by atoms with van der Waals surface area (Å²) in [7, 11) is 0. The van der Waals surface area contributed by atoms with Gasteiger partial charge < -0.3 is 9.80 Å². The highest BCUT2D eigenvalue weighted by molar-refractivity contribution is 5.88. The highest BCUT2D eigenvalue weighted by Gasteiger charge is 2.39. The second kappa shape index (κ2) is 4.85. The van der Waals surface area contributed by atoms with Crippen molar-refractivity contribution in [3.05, 3.63) is 35.4 Å². The summed E-state index contributed by atoms with van der Waals surface area (Å²) in [5.74, 6) is -1.52. The molecule has 1 unspecified atom stereocenters. The number of fused-ring (bicyclic) bond motifs is 3. The summed E-state index contributed by atoms with van der Waals surface area (Å²) in [6, 6.07) is 7.35. The number of amides is 2. The first-order valence-corrected chi connectivity index (χ1v) is 6.52. The average molecular weight is 280 g/mol. The molecule has 2 aliphatic rings. The van der Waals surface area contributed by atoms with Gasteiger partial charge in [-0.3, -0.25) is 9.59 Å². The van der Waals surface area contributed by atoms with Gasteiger partial charge in [-0.25, -0.2) is 0 Å². The molecular formula is C14H14F2N2O2. The molecule has 1 aromatic rings. The monoisotopic (exact) mass is 280 g/mol. The van der Waals surface area contributed by atoms with Crippen LogP contribution in [0.2, 0.25) is 0 Å². The molecule has 4 nitrogen and oxygen atoms in total. The van der Waals surface area contributed by atoms with E-state index in [0.717, 1.165) is 22.4 Å². The van der Waals surface area contributed by atoms with Crippen LogP contribution in [-0.2, 0) is 16.0 Å². The van der Waals surface area contributed by atoms with Crippen molar-refractivity contribution in [3.8, 4) is 0 Å². The van der Waals surface area contributed by atoms with Crippen molar-refractivity contribution in [1.82, 2.24) is 9.80 Å². The summed E-state index contributed by atoms with van der Waals surface area (Å²) in [5, 5.41) is 0. The van der Waals surface area contributed by atoms with Crippen molar-refractivity contribution in [3.63, 3.8) is 0 Å². The number of piperazine rings is 1. The van der Waals surface area contributed by atoms with Crippen LogP contribution >= 0.6 is 0 Å². The van der Waals surface area contributed by atoms with Gasteiger partial charge in [0.05, 0.1) is 6.04 Å². The SMILES string of the molecule is O=C(C(F)F)N1CC(=O)N2CCc3ccccc3C2C1. The molecule has 0 radical (unpaired) electrons. The average Bonchev–Trinajstić information content (AvgIpc) is 2.46. The quantitative estimate of drug-likeness (QED) is 0.776. The Kier molecular flexibility index (Phi) is 3.16. The third-order valence-electron chi connectivity index (χ3n) is 3.95. The summed E-state index contributed by atoms with van der Waals surface area (Å²) >= 11 is 0. The van der Waals surface area contributed by atoms with Crippen LogP contribution in [0.4, 0.5) is 8.78 Å². The molecule has 0 aromatic heterocycles. The summed E-state index contributed by atoms with van der Waals surface area (Å²) < 4.78 is 25.1. The van der Waals surface area contributed by atoms with Crippen molar-refractivity contribution >= 4 is 11.8 Å². The van der Waals surface area contributed by atoms with E-state index in [9.17, 15) is 18.4 Å². The van der Waals surface area contributed by atoms with Gasteiger partial charge >= 0.3 is 6.43 Å². The zero-order chi connectivity index (χ0) is 14.3. The van der Waals surface area contributed by atoms with E-state index in [4.69, 9.17) is 0 Å². The van der Waals surface area contributed by atoms with Crippen LogP contribution < -0.4 is 0 Å². The van der Waals surface area contributed by atoms with Crippen LogP contribution in [0.1, 0.15) is 17.2 Å². The maximum Gasteiger partial charge on any atom is 0.315 e. The fraction of sp³-hybridized carbons (Fsp3) is 0.429. The maximum atomic E-state index is 12.5. The van der Waals surface area contributed by atoms with Gasteiger partial charge in [-0.2, -0.15) is 8.78 Å². The van der Waals surface area contributed by atoms with E-state index < -0.39 is 12.3 Å². The van der Waals surface area contributed by atoms with Crippen LogP contribution in [-0.4, -0.2) is 47.7 Å². The Morgan fingerprint density at radius 1 is 1.30 bits per heavy atom. The van der Waals surface area contributed by atoms with Gasteiger partial charge in [0.15, 0.2) is 0 Å². The van der Waals surface area contributed by atoms with Gasteiger partial charge in [0, 0.05) is 13.1 Å². The normalized spacial score (nSPS) is 21.8. The van der Waals surface area contributed by atoms with Crippen LogP contribution in [0.5, 0.6) is 0 Å². The first-order valence-electron chi connectivity index (χ1n) is 6.52. The second-order valence-corrected chi connectivity index (χ2v) is 5.07. The molecule has 0 bridgehead atoms. The Morgan fingerprint density at radius 2 is 2.05 bits per heavy atom. The fourth-order valence-corrected chi connectivity index (χ4v) is 2.98. The lowest BCUT2D eigenvalue weighted by atomic mass is 9.91. The third kappa shape index (κ3) is 2.05. The first kappa shape index (κ1) is 13.0. The predicted molar refractivity (Wildman–Crippen MR) is 67.2 cm³/mol. The molecule has 20 heavy (non-hydrogen) atoms. The summed E-state index contributed by atoms with van der Waals surface area (Å²) in [6.45, 7) is 0.477. The van der Waals surface area contributed by atoms with E-state index in [1.165, 1.54) is 0 Å². The number of hydrogen-bond acceptors (Lipinski definition) is 2. The van der Waals surface area contributed by atoms with E-state index in [-0.39, 0.29) is 25.0 Å². The van der Waals surface area contributed by atoms with Crippen molar-refractivity contribution in [2.24, 2.45) is 0 Å². The molecule has 1 aromatic carbocycles. The first-order chi connectivity index (χ1) is 9.58. The van der Waals surface area contributed by atoms with Gasteiger partial charge in [0.2, 0.25) is 5.91 Å². The van der Waals surface area contributed by atoms with Crippen molar-refractivity contribution < 1.29 is 18.4 Å². The minimum atomic E-state index is -3.06. The molecule has 6 heteroatoms. The number of rotatable bonds is 1. The highest BCUT2D eigenvalue weighted by atomic mass is 19.3. The topological polar surface area (TPSA) is 40.6 Å². The molecule has 2 aliphatic heterocycles. The Labute approximate surface area is 115 Å². The van der Waals surface area contributed by atoms with Crippen LogP contribution in [0.15, 0.2) is 24.3 Å². The van der Waals surface area contributed by atoms with Crippen LogP contribution in [0, 0.1) is 0 Å². The summed E-state index contributed by atoms with van der Waals surface area (Å²) in [4.78, 5) is 26.2. The van der Waals surface area contributed by atoms with Gasteiger partial charge in [-0.15, -0.1) is 0 Å². The Bertz CT molecular complexity index is 562. The molecule has 1 fully saturated rings. The van der Waals surface area contributed by atoms with Crippen LogP contribution in [0.25, 0.3) is 0 Å². The molecule has 0 saturated carbocycles. The molecule has 2 heterocycles. The van der Waals surface area contributed by atoms with Gasteiger partial charge in [0.1, 0.15) is 6.54 Å². The Balaban J connectivity index is 1.92. The van der Waals surface area contributed by atoms with E-state index in [1.54, 1.807) is 4.90 Å². The Morgan fingerprint density at radius 3 is 2.80 bits per heavy atom. The molecule has 0 N–H and O–H groups in total. The van der Waals surface area contributed by atoms with E-state index in [2.05, 4.69) is 0 Å². The van der Waals surface area contributed by atoms with E-state index in [1.807, 2.05) is 24.3 Å². The lowest BCUT2D eigenvalue weighted by Crippen LogP contribution is -2.56. The molecule has 0 aliphatic carbocycles. The van der Waals surface area contributed by atoms with Gasteiger partial charge in [0.25, 0.3) is 5.91 Å². The number of nitrogens with zero attached hydrogens (tertiary/aromatic N) is 2. The molecule has 3 rings (SSSR count). The van der Waals surface area contributed by atoms with Gasteiger partial charge in [-0.1, -0.05) is 24.3 Å². The lowest BCUT2D eigenvalue weighted by Gasteiger charge is -2.44. The van der Waals surface area contributed by atoms with Crippen molar-refractivity contribution in [2.45, 2.75) is 18.9 Å². The minimum Gasteiger partial charge on any atom is -0.332 e. The largest absolute Gasteiger partial charge is 0.332 e. The zero-order valence-corrected chi connectivity index (χ0v) is 10.8. The lowest BCUT2D eigenvalue weighted by molar-refractivity contribution is -0.155. The van der Waals surface area contributed by atoms with Crippen LogP contribution in [0.3, 0.4) is 0 Å². The van der Waals surface area contributed by atoms with E-state index in [0.29, 0.717) is 6.54 Å². The fourth-order valence-electron chi connectivity index (χ4n) is 2.98. The number of carbonyl (C=O) groups excluding carboxylic acids is 2. The third-order valence-corrected chi connectivity index (χ3v) is 3.95. The molecule has 0 spiro atoms. The molecular weight excluding hydrogens is 266 g/mol. The number of benzene rings is 1. The highest BCUT2D eigenvalue weighted by Crippen LogP contribution is 2.33. The number of hydrogen-bond donors (Lipinski definition) is 0. The summed E-state index contributed by atoms with van der Waals surface area (Å²) in [6.07, 6.45) is -2.30. The molecule has 106 valence electrons. The summed E-state index contributed by atoms with van der Waals surface area (Å²) in [5.41, 5.74) is 2.08. The maximum absolute atomic E-state index is 12.5.